The molecular formula is C8H7F3O3. The lowest BCUT2D eigenvalue weighted by Gasteiger charge is -2.05. The molecule has 0 amide bonds. The first kappa shape index (κ1) is 10.8. The monoisotopic (exact) mass is 208 g/mol. The lowest BCUT2D eigenvalue weighted by Crippen LogP contribution is -2.16. The third-order valence-electron chi connectivity index (χ3n) is 1.31. The van der Waals surface area contributed by atoms with Crippen molar-refractivity contribution in [3.8, 4) is 0 Å². The Morgan fingerprint density at radius 1 is 1.43 bits per heavy atom. The highest BCUT2D eigenvalue weighted by atomic mass is 19.4. The quantitative estimate of drug-likeness (QED) is 0.712. The van der Waals surface area contributed by atoms with Gasteiger partial charge in [-0.3, -0.25) is 4.79 Å². The standard InChI is InChI=1S/C8H7F3O3/c9-8(10,11)5-13-4-7-2-1-6(3-12)14-7/h1-3H,4-5H2. The third-order valence-corrected chi connectivity index (χ3v) is 1.31. The van der Waals surface area contributed by atoms with Crippen molar-refractivity contribution >= 4 is 6.29 Å². The second-order valence-corrected chi connectivity index (χ2v) is 2.53. The lowest BCUT2D eigenvalue weighted by molar-refractivity contribution is -0.177. The molecule has 1 heterocycles. The van der Waals surface area contributed by atoms with Gasteiger partial charge in [-0.05, 0) is 12.1 Å². The molecule has 0 unspecified atom stereocenters. The van der Waals surface area contributed by atoms with Gasteiger partial charge in [-0.1, -0.05) is 0 Å². The zero-order chi connectivity index (χ0) is 10.6. The van der Waals surface area contributed by atoms with Crippen molar-refractivity contribution in [3.63, 3.8) is 0 Å². The molecule has 0 fully saturated rings. The molecule has 0 aliphatic heterocycles. The molecule has 0 aliphatic carbocycles. The van der Waals surface area contributed by atoms with Gasteiger partial charge in [-0.25, -0.2) is 0 Å². The Kier molecular flexibility index (Phi) is 3.29. The SMILES string of the molecule is O=Cc1ccc(COCC(F)(F)F)o1. The summed E-state index contributed by atoms with van der Waals surface area (Å²) in [6.07, 6.45) is -3.88. The molecule has 0 aromatic carbocycles. The normalized spacial score (nSPS) is 11.6. The Labute approximate surface area is 77.5 Å². The van der Waals surface area contributed by atoms with E-state index in [4.69, 9.17) is 4.42 Å². The van der Waals surface area contributed by atoms with Crippen LogP contribution in [0.25, 0.3) is 0 Å². The number of halogens is 3. The number of aldehydes is 1. The van der Waals surface area contributed by atoms with Gasteiger partial charge in [0.15, 0.2) is 12.0 Å². The second-order valence-electron chi connectivity index (χ2n) is 2.53. The minimum absolute atomic E-state index is 0.0654. The number of carbonyl (C=O) groups is 1. The maximum absolute atomic E-state index is 11.6. The molecule has 0 aliphatic rings. The van der Waals surface area contributed by atoms with E-state index in [2.05, 4.69) is 4.74 Å². The molecule has 0 radical (unpaired) electrons. The van der Waals surface area contributed by atoms with Crippen LogP contribution in [0.5, 0.6) is 0 Å². The summed E-state index contributed by atoms with van der Waals surface area (Å²) in [6, 6.07) is 2.75. The summed E-state index contributed by atoms with van der Waals surface area (Å²) in [7, 11) is 0. The van der Waals surface area contributed by atoms with Crippen molar-refractivity contribution in [1.29, 1.82) is 0 Å². The molecule has 0 N–H and O–H groups in total. The Morgan fingerprint density at radius 3 is 2.64 bits per heavy atom. The van der Waals surface area contributed by atoms with Crippen LogP contribution in [0.1, 0.15) is 16.3 Å². The van der Waals surface area contributed by atoms with Gasteiger partial charge in [-0.2, -0.15) is 13.2 Å². The lowest BCUT2D eigenvalue weighted by atomic mass is 10.4. The molecule has 3 nitrogen and oxygen atoms in total. The number of alkyl halides is 3. The summed E-state index contributed by atoms with van der Waals surface area (Å²) in [5.74, 6) is 0.256. The van der Waals surface area contributed by atoms with Crippen LogP contribution in [0.3, 0.4) is 0 Å². The van der Waals surface area contributed by atoms with Crippen molar-refractivity contribution < 1.29 is 27.1 Å². The molecule has 6 heteroatoms. The molecule has 1 aromatic rings. The van der Waals surface area contributed by atoms with E-state index in [1.54, 1.807) is 0 Å². The van der Waals surface area contributed by atoms with Crippen molar-refractivity contribution in [2.75, 3.05) is 6.61 Å². The van der Waals surface area contributed by atoms with E-state index in [9.17, 15) is 18.0 Å². The van der Waals surface area contributed by atoms with Gasteiger partial charge in [0.2, 0.25) is 0 Å². The van der Waals surface area contributed by atoms with Crippen LogP contribution in [-0.4, -0.2) is 19.1 Å². The fraction of sp³-hybridized carbons (Fsp3) is 0.375. The molecule has 14 heavy (non-hydrogen) atoms. The van der Waals surface area contributed by atoms with Gasteiger partial charge < -0.3 is 9.15 Å². The fourth-order valence-electron chi connectivity index (χ4n) is 0.803. The van der Waals surface area contributed by atoms with Crippen molar-refractivity contribution in [2.24, 2.45) is 0 Å². The Hall–Kier alpha value is -1.30. The molecule has 1 aromatic heterocycles. The summed E-state index contributed by atoms with van der Waals surface area (Å²) >= 11 is 0. The minimum atomic E-state index is -4.35. The number of carbonyl (C=O) groups excluding carboxylic acids is 1. The molecular weight excluding hydrogens is 201 g/mol. The highest BCUT2D eigenvalue weighted by Crippen LogP contribution is 2.16. The van der Waals surface area contributed by atoms with Crippen molar-refractivity contribution in [1.82, 2.24) is 0 Å². The van der Waals surface area contributed by atoms with Gasteiger partial charge in [0.25, 0.3) is 0 Å². The fourth-order valence-corrected chi connectivity index (χ4v) is 0.803. The summed E-state index contributed by atoms with van der Waals surface area (Å²) in [4.78, 5) is 10.1. The van der Waals surface area contributed by atoms with Crippen molar-refractivity contribution in [3.05, 3.63) is 23.7 Å². The molecule has 1 rings (SSSR count). The van der Waals surface area contributed by atoms with Crippen LogP contribution in [0, 0.1) is 0 Å². The van der Waals surface area contributed by atoms with E-state index in [1.165, 1.54) is 12.1 Å². The molecule has 0 bridgehead atoms. The molecule has 0 saturated carbocycles. The number of rotatable bonds is 4. The van der Waals surface area contributed by atoms with Crippen LogP contribution >= 0.6 is 0 Å². The third kappa shape index (κ3) is 3.61. The van der Waals surface area contributed by atoms with E-state index in [1.807, 2.05) is 0 Å². The van der Waals surface area contributed by atoms with E-state index in [0.29, 0.717) is 6.29 Å². The zero-order valence-electron chi connectivity index (χ0n) is 7.00. The first-order valence-electron chi connectivity index (χ1n) is 3.69. The van der Waals surface area contributed by atoms with Gasteiger partial charge in [-0.15, -0.1) is 0 Å². The van der Waals surface area contributed by atoms with Crippen molar-refractivity contribution in [2.45, 2.75) is 12.8 Å². The first-order valence-corrected chi connectivity index (χ1v) is 3.69. The van der Waals surface area contributed by atoms with Crippen LogP contribution in [0.4, 0.5) is 13.2 Å². The second kappa shape index (κ2) is 4.28. The largest absolute Gasteiger partial charge is 0.456 e. The molecule has 0 saturated heterocycles. The maximum atomic E-state index is 11.6. The van der Waals surface area contributed by atoms with Crippen LogP contribution < -0.4 is 0 Å². The highest BCUT2D eigenvalue weighted by Gasteiger charge is 2.27. The summed E-state index contributed by atoms with van der Waals surface area (Å²) in [6.45, 7) is -1.63. The van der Waals surface area contributed by atoms with Gasteiger partial charge in [0.1, 0.15) is 19.0 Å². The predicted molar refractivity (Wildman–Crippen MR) is 39.8 cm³/mol. The van der Waals surface area contributed by atoms with Gasteiger partial charge >= 0.3 is 6.18 Å². The maximum Gasteiger partial charge on any atom is 0.411 e. The number of hydrogen-bond donors (Lipinski definition) is 0. The Balaban J connectivity index is 2.35. The van der Waals surface area contributed by atoms with Gasteiger partial charge in [0.05, 0.1) is 0 Å². The topological polar surface area (TPSA) is 39.4 Å². The van der Waals surface area contributed by atoms with Crippen LogP contribution in [0.2, 0.25) is 0 Å². The smallest absolute Gasteiger partial charge is 0.411 e. The first-order chi connectivity index (χ1) is 6.51. The van der Waals surface area contributed by atoms with E-state index < -0.39 is 12.8 Å². The number of ether oxygens (including phenoxy) is 1. The Morgan fingerprint density at radius 2 is 2.14 bits per heavy atom. The number of furan rings is 1. The number of hydrogen-bond acceptors (Lipinski definition) is 3. The van der Waals surface area contributed by atoms with Gasteiger partial charge in [0, 0.05) is 0 Å². The summed E-state index contributed by atoms with van der Waals surface area (Å²) in [5.41, 5.74) is 0. The predicted octanol–water partition coefficient (Wildman–Crippen LogP) is 2.17. The average molecular weight is 208 g/mol. The average Bonchev–Trinajstić information content (AvgIpc) is 2.50. The molecule has 78 valence electrons. The molecule has 0 atom stereocenters. The van der Waals surface area contributed by atoms with E-state index >= 15 is 0 Å². The van der Waals surface area contributed by atoms with E-state index in [0.717, 1.165) is 0 Å². The van der Waals surface area contributed by atoms with E-state index in [-0.39, 0.29) is 18.1 Å². The summed E-state index contributed by atoms with van der Waals surface area (Å²) in [5, 5.41) is 0. The zero-order valence-corrected chi connectivity index (χ0v) is 7.00. The Bertz CT molecular complexity index is 303. The van der Waals surface area contributed by atoms with Crippen LogP contribution in [-0.2, 0) is 11.3 Å². The molecule has 0 spiro atoms. The minimum Gasteiger partial charge on any atom is -0.456 e. The highest BCUT2D eigenvalue weighted by molar-refractivity contribution is 5.70. The summed E-state index contributed by atoms with van der Waals surface area (Å²) < 4.78 is 43.9. The van der Waals surface area contributed by atoms with Crippen LogP contribution in [0.15, 0.2) is 16.5 Å².